The number of halogens is 1. The zero-order chi connectivity index (χ0) is 17.5. The third kappa shape index (κ3) is 5.63. The molecule has 0 saturated carbocycles. The Labute approximate surface area is 149 Å². The van der Waals surface area contributed by atoms with Gasteiger partial charge in [-0.25, -0.2) is 0 Å². The number of carboxylic acids is 1. The van der Waals surface area contributed by atoms with Crippen LogP contribution in [0.1, 0.15) is 36.0 Å². The number of likely N-dealkylation sites (tertiary alicyclic amines) is 1. The Morgan fingerprint density at radius 2 is 2.12 bits per heavy atom. The van der Waals surface area contributed by atoms with Gasteiger partial charge in [0.1, 0.15) is 0 Å². The van der Waals surface area contributed by atoms with Crippen LogP contribution in [0.3, 0.4) is 0 Å². The molecule has 130 valence electrons. The smallest absolute Gasteiger partial charge is 0.303 e. The van der Waals surface area contributed by atoms with Crippen molar-refractivity contribution in [1.29, 1.82) is 0 Å². The van der Waals surface area contributed by atoms with Crippen molar-refractivity contribution in [3.05, 3.63) is 34.3 Å². The van der Waals surface area contributed by atoms with Crippen LogP contribution in [0.4, 0.5) is 0 Å². The quantitative estimate of drug-likeness (QED) is 0.771. The molecule has 1 heterocycles. The fraction of sp³-hybridized carbons (Fsp3) is 0.471. The zero-order valence-electron chi connectivity index (χ0n) is 13.3. The minimum absolute atomic E-state index is 0.0446. The molecule has 7 heteroatoms. The monoisotopic (exact) mass is 396 g/mol. The van der Waals surface area contributed by atoms with Gasteiger partial charge in [-0.3, -0.25) is 14.4 Å². The molecular weight excluding hydrogens is 376 g/mol. The summed E-state index contributed by atoms with van der Waals surface area (Å²) in [6.07, 6.45) is 2.53. The van der Waals surface area contributed by atoms with Crippen LogP contribution in [-0.2, 0) is 9.59 Å². The lowest BCUT2D eigenvalue weighted by Gasteiger charge is -2.32. The first-order valence-electron chi connectivity index (χ1n) is 7.99. The van der Waals surface area contributed by atoms with E-state index in [1.807, 2.05) is 6.07 Å². The Hall–Kier alpha value is -1.89. The number of aliphatic carboxylic acids is 1. The largest absolute Gasteiger partial charge is 0.481 e. The molecule has 0 aromatic heterocycles. The van der Waals surface area contributed by atoms with E-state index in [2.05, 4.69) is 21.2 Å². The predicted octanol–water partition coefficient (Wildman–Crippen LogP) is 2.28. The van der Waals surface area contributed by atoms with Gasteiger partial charge in [-0.1, -0.05) is 22.0 Å². The first-order valence-corrected chi connectivity index (χ1v) is 8.78. The topological polar surface area (TPSA) is 86.7 Å². The van der Waals surface area contributed by atoms with Crippen molar-refractivity contribution in [2.75, 3.05) is 19.6 Å². The number of hydrogen-bond donors (Lipinski definition) is 2. The molecule has 1 atom stereocenters. The van der Waals surface area contributed by atoms with Crippen LogP contribution < -0.4 is 5.32 Å². The van der Waals surface area contributed by atoms with Crippen molar-refractivity contribution in [3.8, 4) is 0 Å². The fourth-order valence-electron chi connectivity index (χ4n) is 2.85. The molecule has 1 aliphatic heterocycles. The third-order valence-electron chi connectivity index (χ3n) is 4.13. The standard InChI is InChI=1S/C17H21BrN2O4/c18-14-5-1-4-13(9-14)17(24)19-10-15(21)20-8-2-3-12(11-20)6-7-16(22)23/h1,4-5,9,12H,2-3,6-8,10-11H2,(H,19,24)(H,22,23). The Kier molecular flexibility index (Phi) is 6.78. The summed E-state index contributed by atoms with van der Waals surface area (Å²) in [5.74, 6) is -0.998. The van der Waals surface area contributed by atoms with Crippen LogP contribution in [0.25, 0.3) is 0 Å². The van der Waals surface area contributed by atoms with Gasteiger partial charge < -0.3 is 15.3 Å². The summed E-state index contributed by atoms with van der Waals surface area (Å²) in [5, 5.41) is 11.4. The highest BCUT2D eigenvalue weighted by atomic mass is 79.9. The average molecular weight is 397 g/mol. The summed E-state index contributed by atoms with van der Waals surface area (Å²) < 4.78 is 0.804. The Morgan fingerprint density at radius 3 is 2.83 bits per heavy atom. The van der Waals surface area contributed by atoms with Gasteiger partial charge in [-0.15, -0.1) is 0 Å². The summed E-state index contributed by atoms with van der Waals surface area (Å²) in [6.45, 7) is 1.19. The predicted molar refractivity (Wildman–Crippen MR) is 92.6 cm³/mol. The molecule has 2 N–H and O–H groups in total. The van der Waals surface area contributed by atoms with E-state index in [0.29, 0.717) is 25.1 Å². The number of rotatable bonds is 6. The van der Waals surface area contributed by atoms with Crippen LogP contribution in [0.5, 0.6) is 0 Å². The summed E-state index contributed by atoms with van der Waals surface area (Å²) in [7, 11) is 0. The molecule has 2 amide bonds. The van der Waals surface area contributed by atoms with E-state index >= 15 is 0 Å². The van der Waals surface area contributed by atoms with Gasteiger partial charge in [-0.2, -0.15) is 0 Å². The highest BCUT2D eigenvalue weighted by Crippen LogP contribution is 2.21. The van der Waals surface area contributed by atoms with E-state index in [4.69, 9.17) is 5.11 Å². The van der Waals surface area contributed by atoms with Crippen LogP contribution in [0, 0.1) is 5.92 Å². The molecule has 0 bridgehead atoms. The van der Waals surface area contributed by atoms with Crippen molar-refractivity contribution < 1.29 is 19.5 Å². The molecule has 1 fully saturated rings. The maximum absolute atomic E-state index is 12.3. The molecule has 24 heavy (non-hydrogen) atoms. The van der Waals surface area contributed by atoms with Crippen LogP contribution in [0.2, 0.25) is 0 Å². The van der Waals surface area contributed by atoms with Gasteiger partial charge in [0.05, 0.1) is 6.54 Å². The maximum atomic E-state index is 12.3. The number of carboxylic acid groups (broad SMARTS) is 1. The van der Waals surface area contributed by atoms with Gasteiger partial charge in [0, 0.05) is 29.5 Å². The van der Waals surface area contributed by atoms with E-state index in [0.717, 1.165) is 17.3 Å². The van der Waals surface area contributed by atoms with Crippen molar-refractivity contribution >= 4 is 33.7 Å². The number of benzene rings is 1. The number of hydrogen-bond acceptors (Lipinski definition) is 3. The summed E-state index contributed by atoms with van der Waals surface area (Å²) in [5.41, 5.74) is 0.496. The van der Waals surface area contributed by atoms with Gasteiger partial charge >= 0.3 is 5.97 Å². The van der Waals surface area contributed by atoms with E-state index in [-0.39, 0.29) is 30.7 Å². The van der Waals surface area contributed by atoms with Crippen molar-refractivity contribution in [2.45, 2.75) is 25.7 Å². The van der Waals surface area contributed by atoms with Gasteiger partial charge in [-0.05, 0) is 43.4 Å². The Morgan fingerprint density at radius 1 is 1.33 bits per heavy atom. The fourth-order valence-corrected chi connectivity index (χ4v) is 3.25. The summed E-state index contributed by atoms with van der Waals surface area (Å²) in [4.78, 5) is 36.7. The zero-order valence-corrected chi connectivity index (χ0v) is 14.9. The number of amides is 2. The molecular formula is C17H21BrN2O4. The molecule has 0 radical (unpaired) electrons. The van der Waals surface area contributed by atoms with Crippen molar-refractivity contribution in [1.82, 2.24) is 10.2 Å². The first-order chi connectivity index (χ1) is 11.5. The molecule has 1 saturated heterocycles. The van der Waals surface area contributed by atoms with Crippen molar-refractivity contribution in [2.24, 2.45) is 5.92 Å². The number of carbonyl (C=O) groups is 3. The van der Waals surface area contributed by atoms with Crippen molar-refractivity contribution in [3.63, 3.8) is 0 Å². The summed E-state index contributed by atoms with van der Waals surface area (Å²) >= 11 is 3.31. The lowest BCUT2D eigenvalue weighted by atomic mass is 9.93. The normalized spacial score (nSPS) is 17.4. The highest BCUT2D eigenvalue weighted by molar-refractivity contribution is 9.10. The molecule has 1 aliphatic rings. The number of piperidine rings is 1. The molecule has 1 aromatic rings. The molecule has 2 rings (SSSR count). The van der Waals surface area contributed by atoms with Crippen LogP contribution >= 0.6 is 15.9 Å². The van der Waals surface area contributed by atoms with Gasteiger partial charge in [0.15, 0.2) is 0 Å². The van der Waals surface area contributed by atoms with Gasteiger partial charge in [0.2, 0.25) is 5.91 Å². The van der Waals surface area contributed by atoms with E-state index in [9.17, 15) is 14.4 Å². The van der Waals surface area contributed by atoms with Gasteiger partial charge in [0.25, 0.3) is 5.91 Å². The van der Waals surface area contributed by atoms with E-state index < -0.39 is 5.97 Å². The second-order valence-electron chi connectivity index (χ2n) is 5.97. The Bertz CT molecular complexity index is 620. The van der Waals surface area contributed by atoms with E-state index in [1.165, 1.54) is 0 Å². The number of nitrogens with one attached hydrogen (secondary N) is 1. The lowest BCUT2D eigenvalue weighted by molar-refractivity contribution is -0.137. The third-order valence-corrected chi connectivity index (χ3v) is 4.62. The minimum Gasteiger partial charge on any atom is -0.481 e. The van der Waals surface area contributed by atoms with Crippen LogP contribution in [0.15, 0.2) is 28.7 Å². The van der Waals surface area contributed by atoms with Crippen LogP contribution in [-0.4, -0.2) is 47.4 Å². The minimum atomic E-state index is -0.806. The second-order valence-corrected chi connectivity index (χ2v) is 6.89. The van der Waals surface area contributed by atoms with E-state index in [1.54, 1.807) is 23.1 Å². The molecule has 6 nitrogen and oxygen atoms in total. The lowest BCUT2D eigenvalue weighted by Crippen LogP contribution is -2.45. The Balaban J connectivity index is 1.81. The maximum Gasteiger partial charge on any atom is 0.303 e. The molecule has 1 unspecified atom stereocenters. The number of nitrogens with zero attached hydrogens (tertiary/aromatic N) is 1. The SMILES string of the molecule is O=C(O)CCC1CCCN(C(=O)CNC(=O)c2cccc(Br)c2)C1. The number of carbonyl (C=O) groups excluding carboxylic acids is 2. The second kappa shape index (κ2) is 8.82. The molecule has 0 aliphatic carbocycles. The summed E-state index contributed by atoms with van der Waals surface area (Å²) in [6, 6.07) is 6.97. The highest BCUT2D eigenvalue weighted by Gasteiger charge is 2.24. The first kappa shape index (κ1) is 18.4. The molecule has 1 aromatic carbocycles. The average Bonchev–Trinajstić information content (AvgIpc) is 2.57. The molecule has 0 spiro atoms.